The van der Waals surface area contributed by atoms with Crippen molar-refractivity contribution in [2.24, 2.45) is 0 Å². The number of nitrogens with zero attached hydrogens (tertiary/aromatic N) is 1. The van der Waals surface area contributed by atoms with Crippen LogP contribution in [-0.4, -0.2) is 29.1 Å². The zero-order valence-electron chi connectivity index (χ0n) is 11.3. The minimum absolute atomic E-state index is 0.0990. The normalized spacial score (nSPS) is 14.3. The Kier molecular flexibility index (Phi) is 3.71. The van der Waals surface area contributed by atoms with Crippen LogP contribution in [0, 0.1) is 0 Å². The van der Waals surface area contributed by atoms with Gasteiger partial charge in [-0.1, -0.05) is 23.7 Å². The van der Waals surface area contributed by atoms with Crippen LogP contribution in [-0.2, 0) is 6.54 Å². The maximum atomic E-state index is 12.6. The van der Waals surface area contributed by atoms with E-state index < -0.39 is 0 Å². The van der Waals surface area contributed by atoms with Gasteiger partial charge in [0.25, 0.3) is 5.91 Å². The van der Waals surface area contributed by atoms with E-state index in [9.17, 15) is 9.90 Å². The molecule has 0 unspecified atom stereocenters. The first-order valence-electron chi connectivity index (χ1n) is 6.63. The van der Waals surface area contributed by atoms with Crippen LogP contribution in [0.5, 0.6) is 11.5 Å². The van der Waals surface area contributed by atoms with E-state index in [0.29, 0.717) is 36.0 Å². The number of hydrogen-bond acceptors (Lipinski definition) is 3. The lowest BCUT2D eigenvalue weighted by atomic mass is 10.1. The van der Waals surface area contributed by atoms with Crippen LogP contribution in [0.15, 0.2) is 42.5 Å². The van der Waals surface area contributed by atoms with E-state index in [1.54, 1.807) is 47.4 Å². The molecule has 2 aromatic carbocycles. The number of rotatable bonds is 2. The molecule has 0 atom stereocenters. The monoisotopic (exact) mass is 303 g/mol. The molecule has 3 rings (SSSR count). The van der Waals surface area contributed by atoms with Crippen molar-refractivity contribution >= 4 is 17.5 Å². The number of phenols is 1. The second kappa shape index (κ2) is 5.66. The van der Waals surface area contributed by atoms with Crippen LogP contribution in [0.2, 0.25) is 5.02 Å². The smallest absolute Gasteiger partial charge is 0.258 e. The van der Waals surface area contributed by atoms with Gasteiger partial charge in [0.2, 0.25) is 0 Å². The van der Waals surface area contributed by atoms with Crippen LogP contribution >= 0.6 is 11.6 Å². The number of aromatic hydroxyl groups is 1. The topological polar surface area (TPSA) is 49.8 Å². The molecular formula is C16H14ClNO3. The zero-order valence-corrected chi connectivity index (χ0v) is 12.0. The number of halogens is 1. The molecule has 108 valence electrons. The van der Waals surface area contributed by atoms with E-state index in [0.717, 1.165) is 5.56 Å². The Morgan fingerprint density at radius 3 is 2.71 bits per heavy atom. The Morgan fingerprint density at radius 2 is 1.95 bits per heavy atom. The lowest BCUT2D eigenvalue weighted by Crippen LogP contribution is -2.31. The summed E-state index contributed by atoms with van der Waals surface area (Å²) in [6.07, 6.45) is 0. The van der Waals surface area contributed by atoms with Gasteiger partial charge in [-0.25, -0.2) is 0 Å². The highest BCUT2D eigenvalue weighted by Crippen LogP contribution is 2.27. The van der Waals surface area contributed by atoms with Crippen molar-refractivity contribution in [1.82, 2.24) is 4.90 Å². The second-order valence-electron chi connectivity index (χ2n) is 4.88. The van der Waals surface area contributed by atoms with E-state index >= 15 is 0 Å². The van der Waals surface area contributed by atoms with Crippen molar-refractivity contribution in [3.05, 3.63) is 58.6 Å². The molecule has 0 spiro atoms. The molecule has 1 N–H and O–H groups in total. The Morgan fingerprint density at radius 1 is 1.19 bits per heavy atom. The molecule has 0 aromatic heterocycles. The maximum Gasteiger partial charge on any atom is 0.258 e. The number of amides is 1. The molecule has 0 radical (unpaired) electrons. The van der Waals surface area contributed by atoms with Gasteiger partial charge in [0.1, 0.15) is 18.1 Å². The highest BCUT2D eigenvalue weighted by Gasteiger charge is 2.23. The molecule has 4 nitrogen and oxygen atoms in total. The molecule has 0 saturated carbocycles. The number of carbonyl (C=O) groups excluding carboxylic acids is 1. The van der Waals surface area contributed by atoms with Crippen LogP contribution in [0.25, 0.3) is 0 Å². The lowest BCUT2D eigenvalue weighted by Gasteiger charge is -2.20. The van der Waals surface area contributed by atoms with Crippen molar-refractivity contribution in [2.75, 3.05) is 13.2 Å². The van der Waals surface area contributed by atoms with E-state index in [2.05, 4.69) is 0 Å². The summed E-state index contributed by atoms with van der Waals surface area (Å²) < 4.78 is 5.60. The Bertz CT molecular complexity index is 670. The lowest BCUT2D eigenvalue weighted by molar-refractivity contribution is 0.0743. The summed E-state index contributed by atoms with van der Waals surface area (Å²) in [6.45, 7) is 1.42. The molecule has 5 heteroatoms. The average Bonchev–Trinajstić information content (AvgIpc) is 2.62. The molecule has 0 bridgehead atoms. The van der Waals surface area contributed by atoms with Crippen molar-refractivity contribution < 1.29 is 14.6 Å². The number of phenolic OH excluding ortho intramolecular Hbond substituents is 1. The van der Waals surface area contributed by atoms with Gasteiger partial charge in [0, 0.05) is 11.6 Å². The summed E-state index contributed by atoms with van der Waals surface area (Å²) in [5.41, 5.74) is 1.44. The van der Waals surface area contributed by atoms with Crippen molar-refractivity contribution in [1.29, 1.82) is 0 Å². The van der Waals surface area contributed by atoms with E-state index in [-0.39, 0.29) is 11.7 Å². The summed E-state index contributed by atoms with van der Waals surface area (Å²) in [5, 5.41) is 9.82. The Balaban J connectivity index is 1.86. The quantitative estimate of drug-likeness (QED) is 0.927. The number of carbonyl (C=O) groups is 1. The third-order valence-corrected chi connectivity index (χ3v) is 3.62. The van der Waals surface area contributed by atoms with Crippen LogP contribution in [0.3, 0.4) is 0 Å². The molecule has 21 heavy (non-hydrogen) atoms. The number of fused-ring (bicyclic) bond motifs is 1. The van der Waals surface area contributed by atoms with Gasteiger partial charge < -0.3 is 14.7 Å². The van der Waals surface area contributed by atoms with Crippen molar-refractivity contribution in [3.8, 4) is 11.5 Å². The van der Waals surface area contributed by atoms with Gasteiger partial charge in [0.05, 0.1) is 12.1 Å². The molecule has 1 aliphatic heterocycles. The van der Waals surface area contributed by atoms with Crippen LogP contribution < -0.4 is 4.74 Å². The molecular weight excluding hydrogens is 290 g/mol. The van der Waals surface area contributed by atoms with E-state index in [4.69, 9.17) is 16.3 Å². The summed E-state index contributed by atoms with van der Waals surface area (Å²) in [7, 11) is 0. The van der Waals surface area contributed by atoms with Crippen LogP contribution in [0.4, 0.5) is 0 Å². The van der Waals surface area contributed by atoms with Gasteiger partial charge in [0.15, 0.2) is 0 Å². The highest BCUT2D eigenvalue weighted by molar-refractivity contribution is 6.31. The predicted octanol–water partition coefficient (Wildman–Crippen LogP) is 3.08. The summed E-state index contributed by atoms with van der Waals surface area (Å²) >= 11 is 5.97. The second-order valence-corrected chi connectivity index (χ2v) is 5.32. The number of benzene rings is 2. The highest BCUT2D eigenvalue weighted by atomic mass is 35.5. The van der Waals surface area contributed by atoms with E-state index in [1.807, 2.05) is 0 Å². The fourth-order valence-corrected chi connectivity index (χ4v) is 2.48. The summed E-state index contributed by atoms with van der Waals surface area (Å²) in [6, 6.07) is 11.9. The molecule has 2 aromatic rings. The van der Waals surface area contributed by atoms with Crippen molar-refractivity contribution in [3.63, 3.8) is 0 Å². The van der Waals surface area contributed by atoms with E-state index in [1.165, 1.54) is 0 Å². The number of hydrogen-bond donors (Lipinski definition) is 1. The summed E-state index contributed by atoms with van der Waals surface area (Å²) in [5.74, 6) is 0.678. The standard InChI is InChI=1S/C16H14ClNO3/c17-12-3-6-15-14(9-12)16(20)18(7-8-21-15)10-11-1-4-13(19)5-2-11/h1-6,9,19H,7-8,10H2. The first-order chi connectivity index (χ1) is 10.1. The third-order valence-electron chi connectivity index (χ3n) is 3.39. The van der Waals surface area contributed by atoms with Gasteiger partial charge in [-0.2, -0.15) is 0 Å². The molecule has 1 heterocycles. The molecule has 0 saturated heterocycles. The SMILES string of the molecule is O=C1c2cc(Cl)ccc2OCCN1Cc1ccc(O)cc1. The largest absolute Gasteiger partial charge is 0.508 e. The molecule has 1 aliphatic rings. The molecule has 0 fully saturated rings. The average molecular weight is 304 g/mol. The predicted molar refractivity (Wildman–Crippen MR) is 79.8 cm³/mol. The molecule has 1 amide bonds. The van der Waals surface area contributed by atoms with Gasteiger partial charge in [-0.3, -0.25) is 4.79 Å². The van der Waals surface area contributed by atoms with Gasteiger partial charge in [-0.15, -0.1) is 0 Å². The molecule has 0 aliphatic carbocycles. The summed E-state index contributed by atoms with van der Waals surface area (Å²) in [4.78, 5) is 14.3. The minimum Gasteiger partial charge on any atom is -0.508 e. The Hall–Kier alpha value is -2.20. The fraction of sp³-hybridized carbons (Fsp3) is 0.188. The van der Waals surface area contributed by atoms with Gasteiger partial charge in [-0.05, 0) is 35.9 Å². The first-order valence-corrected chi connectivity index (χ1v) is 7.01. The third kappa shape index (κ3) is 2.95. The van der Waals surface area contributed by atoms with Gasteiger partial charge >= 0.3 is 0 Å². The Labute approximate surface area is 127 Å². The minimum atomic E-state index is -0.0990. The van der Waals surface area contributed by atoms with Crippen LogP contribution in [0.1, 0.15) is 15.9 Å². The maximum absolute atomic E-state index is 12.6. The van der Waals surface area contributed by atoms with Crippen molar-refractivity contribution in [2.45, 2.75) is 6.54 Å². The fourth-order valence-electron chi connectivity index (χ4n) is 2.31. The zero-order chi connectivity index (χ0) is 14.8. The number of ether oxygens (including phenoxy) is 1. The first kappa shape index (κ1) is 13.8.